The summed E-state index contributed by atoms with van der Waals surface area (Å²) in [6.07, 6.45) is 5.47. The minimum atomic E-state index is -0.203. The van der Waals surface area contributed by atoms with E-state index in [2.05, 4.69) is 34.6 Å². The summed E-state index contributed by atoms with van der Waals surface area (Å²) in [5, 5.41) is 11.5. The molecular weight excluding hydrogens is 342 g/mol. The number of halogens is 1. The van der Waals surface area contributed by atoms with Crippen molar-refractivity contribution in [1.82, 2.24) is 15.5 Å². The van der Waals surface area contributed by atoms with Gasteiger partial charge in [-0.3, -0.25) is 5.10 Å². The van der Waals surface area contributed by atoms with Gasteiger partial charge in [-0.1, -0.05) is 11.6 Å². The van der Waals surface area contributed by atoms with E-state index in [-0.39, 0.29) is 11.6 Å². The quantitative estimate of drug-likeness (QED) is 0.837. The first-order chi connectivity index (χ1) is 11.6. The maximum Gasteiger partial charge on any atom is 0.106 e. The molecule has 1 aliphatic carbocycles. The van der Waals surface area contributed by atoms with E-state index in [4.69, 9.17) is 16.3 Å². The van der Waals surface area contributed by atoms with Crippen LogP contribution in [0.3, 0.4) is 0 Å². The molecule has 0 amide bonds. The molecule has 0 aromatic carbocycles. The summed E-state index contributed by atoms with van der Waals surface area (Å²) in [7, 11) is 0. The highest BCUT2D eigenvalue weighted by Gasteiger charge is 2.46. The SMILES string of the molecule is CC1CC2(CC(c3cc(C4CC4)n[nH]3)N1)OCCc1cc(Cl)sc12. The molecule has 0 radical (unpaired) electrons. The van der Waals surface area contributed by atoms with Crippen LogP contribution in [-0.2, 0) is 16.8 Å². The number of nitrogens with zero attached hydrogens (tertiary/aromatic N) is 1. The van der Waals surface area contributed by atoms with E-state index in [9.17, 15) is 0 Å². The Bertz CT molecular complexity index is 768. The molecule has 2 aliphatic heterocycles. The van der Waals surface area contributed by atoms with Gasteiger partial charge in [0, 0.05) is 23.3 Å². The molecule has 3 atom stereocenters. The van der Waals surface area contributed by atoms with E-state index in [0.717, 1.165) is 30.2 Å². The average molecular weight is 364 g/mol. The Morgan fingerprint density at radius 3 is 3.04 bits per heavy atom. The number of nitrogens with one attached hydrogen (secondary N) is 2. The number of fused-ring (bicyclic) bond motifs is 2. The molecule has 6 heteroatoms. The average Bonchev–Trinajstić information content (AvgIpc) is 3.13. The zero-order valence-corrected chi connectivity index (χ0v) is 15.3. The molecule has 2 aromatic heterocycles. The summed E-state index contributed by atoms with van der Waals surface area (Å²) in [6.45, 7) is 3.04. The molecule has 128 valence electrons. The highest BCUT2D eigenvalue weighted by atomic mass is 35.5. The molecule has 5 rings (SSSR count). The van der Waals surface area contributed by atoms with Crippen LogP contribution in [-0.4, -0.2) is 22.8 Å². The lowest BCUT2D eigenvalue weighted by atomic mass is 9.79. The fourth-order valence-electron chi connectivity index (χ4n) is 4.38. The number of ether oxygens (including phenoxy) is 1. The van der Waals surface area contributed by atoms with E-state index < -0.39 is 0 Å². The highest BCUT2D eigenvalue weighted by Crippen LogP contribution is 2.50. The smallest absolute Gasteiger partial charge is 0.106 e. The Morgan fingerprint density at radius 1 is 1.33 bits per heavy atom. The summed E-state index contributed by atoms with van der Waals surface area (Å²) in [5.41, 5.74) is 3.60. The van der Waals surface area contributed by atoms with E-state index >= 15 is 0 Å². The Labute approximate surface area is 150 Å². The predicted molar refractivity (Wildman–Crippen MR) is 95.8 cm³/mol. The van der Waals surface area contributed by atoms with Crippen molar-refractivity contribution in [2.75, 3.05) is 6.61 Å². The summed E-state index contributed by atoms with van der Waals surface area (Å²) in [5.74, 6) is 0.679. The normalized spacial score (nSPS) is 32.9. The van der Waals surface area contributed by atoms with Gasteiger partial charge in [-0.05, 0) is 50.3 Å². The number of aromatic nitrogens is 2. The van der Waals surface area contributed by atoms with Crippen LogP contribution in [0.1, 0.15) is 66.4 Å². The molecule has 24 heavy (non-hydrogen) atoms. The van der Waals surface area contributed by atoms with Gasteiger partial charge in [-0.25, -0.2) is 0 Å². The first kappa shape index (κ1) is 15.4. The van der Waals surface area contributed by atoms with Gasteiger partial charge in [0.1, 0.15) is 5.60 Å². The van der Waals surface area contributed by atoms with Crippen molar-refractivity contribution in [2.24, 2.45) is 0 Å². The number of rotatable bonds is 2. The van der Waals surface area contributed by atoms with Gasteiger partial charge in [-0.2, -0.15) is 5.10 Å². The van der Waals surface area contributed by atoms with Gasteiger partial charge in [0.25, 0.3) is 0 Å². The number of thiophene rings is 1. The maximum atomic E-state index is 6.41. The second-order valence-electron chi connectivity index (χ2n) is 7.55. The van der Waals surface area contributed by atoms with Crippen LogP contribution in [0.5, 0.6) is 0 Å². The van der Waals surface area contributed by atoms with E-state index in [1.807, 2.05) is 0 Å². The maximum absolute atomic E-state index is 6.41. The zero-order chi connectivity index (χ0) is 16.3. The Kier molecular flexibility index (Phi) is 3.56. The number of H-pyrrole nitrogens is 1. The zero-order valence-electron chi connectivity index (χ0n) is 13.8. The third-order valence-corrected chi connectivity index (χ3v) is 7.08. The first-order valence-electron chi connectivity index (χ1n) is 8.87. The van der Waals surface area contributed by atoms with Crippen LogP contribution >= 0.6 is 22.9 Å². The molecule has 0 bridgehead atoms. The highest BCUT2D eigenvalue weighted by molar-refractivity contribution is 7.16. The summed E-state index contributed by atoms with van der Waals surface area (Å²) in [6, 6.07) is 5.03. The summed E-state index contributed by atoms with van der Waals surface area (Å²) < 4.78 is 7.29. The Balaban J connectivity index is 1.49. The number of piperidine rings is 1. The van der Waals surface area contributed by atoms with E-state index in [1.54, 1.807) is 11.3 Å². The van der Waals surface area contributed by atoms with Crippen molar-refractivity contribution in [3.63, 3.8) is 0 Å². The molecule has 1 saturated carbocycles. The molecule has 3 aliphatic rings. The predicted octanol–water partition coefficient (Wildman–Crippen LogP) is 4.28. The van der Waals surface area contributed by atoms with Crippen LogP contribution in [0, 0.1) is 0 Å². The lowest BCUT2D eigenvalue weighted by molar-refractivity contribution is -0.0957. The lowest BCUT2D eigenvalue weighted by Crippen LogP contribution is -2.49. The fourth-order valence-corrected chi connectivity index (χ4v) is 5.84. The van der Waals surface area contributed by atoms with Crippen molar-refractivity contribution in [3.05, 3.63) is 38.3 Å². The molecule has 2 aromatic rings. The minimum Gasteiger partial charge on any atom is -0.369 e. The first-order valence-corrected chi connectivity index (χ1v) is 10.1. The van der Waals surface area contributed by atoms with Crippen molar-refractivity contribution < 1.29 is 4.74 Å². The summed E-state index contributed by atoms with van der Waals surface area (Å²) >= 11 is 8.02. The molecule has 3 unspecified atom stereocenters. The summed E-state index contributed by atoms with van der Waals surface area (Å²) in [4.78, 5) is 1.35. The van der Waals surface area contributed by atoms with Gasteiger partial charge in [-0.15, -0.1) is 11.3 Å². The van der Waals surface area contributed by atoms with Crippen LogP contribution in [0.15, 0.2) is 12.1 Å². The van der Waals surface area contributed by atoms with Gasteiger partial charge < -0.3 is 10.1 Å². The lowest BCUT2D eigenvalue weighted by Gasteiger charge is -2.45. The monoisotopic (exact) mass is 363 g/mol. The molecule has 2 fully saturated rings. The van der Waals surface area contributed by atoms with Crippen LogP contribution in [0.2, 0.25) is 4.34 Å². The number of aromatic amines is 1. The molecule has 1 saturated heterocycles. The fraction of sp³-hybridized carbons (Fsp3) is 0.611. The Morgan fingerprint density at radius 2 is 2.21 bits per heavy atom. The van der Waals surface area contributed by atoms with Crippen molar-refractivity contribution in [3.8, 4) is 0 Å². The van der Waals surface area contributed by atoms with E-state index in [1.165, 1.54) is 34.7 Å². The van der Waals surface area contributed by atoms with Gasteiger partial charge in [0.15, 0.2) is 0 Å². The van der Waals surface area contributed by atoms with Crippen molar-refractivity contribution in [2.45, 2.75) is 62.6 Å². The van der Waals surface area contributed by atoms with Crippen LogP contribution < -0.4 is 5.32 Å². The van der Waals surface area contributed by atoms with Gasteiger partial charge in [0.05, 0.1) is 28.4 Å². The molecule has 2 N–H and O–H groups in total. The van der Waals surface area contributed by atoms with E-state index in [0.29, 0.717) is 12.0 Å². The van der Waals surface area contributed by atoms with Gasteiger partial charge in [0.2, 0.25) is 0 Å². The standard InChI is InChI=1S/C18H22ClN3OS/c1-10-8-18(17-12(4-5-23-18)6-16(19)24-17)9-15(20-10)14-7-13(21-22-14)11-2-3-11/h6-7,10-11,15,20H,2-5,8-9H2,1H3,(H,21,22). The van der Waals surface area contributed by atoms with Crippen LogP contribution in [0.4, 0.5) is 0 Å². The van der Waals surface area contributed by atoms with Crippen molar-refractivity contribution in [1.29, 1.82) is 0 Å². The molecule has 4 nitrogen and oxygen atoms in total. The molecule has 4 heterocycles. The minimum absolute atomic E-state index is 0.203. The number of hydrogen-bond acceptors (Lipinski definition) is 4. The van der Waals surface area contributed by atoms with Crippen LogP contribution in [0.25, 0.3) is 0 Å². The third-order valence-electron chi connectivity index (χ3n) is 5.59. The topological polar surface area (TPSA) is 49.9 Å². The molecular formula is C18H22ClN3OS. The molecule has 1 spiro atoms. The largest absolute Gasteiger partial charge is 0.369 e. The second kappa shape index (κ2) is 5.56. The van der Waals surface area contributed by atoms with Gasteiger partial charge >= 0.3 is 0 Å². The Hall–Kier alpha value is -0.880. The van der Waals surface area contributed by atoms with Crippen molar-refractivity contribution >= 4 is 22.9 Å². The second-order valence-corrected chi connectivity index (χ2v) is 9.23. The third kappa shape index (κ3) is 2.53. The number of hydrogen-bond donors (Lipinski definition) is 2.